The molecule has 126 valence electrons. The molecule has 0 aromatic rings. The van der Waals surface area contributed by atoms with Gasteiger partial charge in [-0.25, -0.2) is 12.7 Å². The van der Waals surface area contributed by atoms with E-state index in [0.29, 0.717) is 13.1 Å². The summed E-state index contributed by atoms with van der Waals surface area (Å²) in [6, 6.07) is -0.575. The maximum absolute atomic E-state index is 12.1. The molecule has 1 amide bonds. The van der Waals surface area contributed by atoms with Crippen molar-refractivity contribution < 1.29 is 13.2 Å². The third kappa shape index (κ3) is 6.73. The lowest BCUT2D eigenvalue weighted by molar-refractivity contribution is -0.123. The van der Waals surface area contributed by atoms with Crippen LogP contribution < -0.4 is 11.1 Å². The van der Waals surface area contributed by atoms with E-state index in [9.17, 15) is 13.2 Å². The van der Waals surface area contributed by atoms with Gasteiger partial charge in [-0.15, -0.1) is 12.4 Å². The molecular formula is C12H26ClN3O3S2. The van der Waals surface area contributed by atoms with Crippen molar-refractivity contribution in [3.8, 4) is 0 Å². The molecule has 0 bridgehead atoms. The first kappa shape index (κ1) is 21.0. The van der Waals surface area contributed by atoms with Gasteiger partial charge in [0.2, 0.25) is 15.9 Å². The summed E-state index contributed by atoms with van der Waals surface area (Å²) in [6.07, 6.45) is 0.818. The molecule has 0 aromatic carbocycles. The highest BCUT2D eigenvalue weighted by atomic mass is 35.5. The Labute approximate surface area is 138 Å². The summed E-state index contributed by atoms with van der Waals surface area (Å²) in [6.45, 7) is 5.12. The van der Waals surface area contributed by atoms with Crippen molar-refractivity contribution >= 4 is 40.1 Å². The van der Waals surface area contributed by atoms with Gasteiger partial charge < -0.3 is 11.1 Å². The second-order valence-electron chi connectivity index (χ2n) is 5.03. The van der Waals surface area contributed by atoms with Crippen molar-refractivity contribution in [2.75, 3.05) is 36.9 Å². The van der Waals surface area contributed by atoms with E-state index in [2.05, 4.69) is 5.32 Å². The number of thioether (sulfide) groups is 1. The Hall–Kier alpha value is -0.0200. The fourth-order valence-corrected chi connectivity index (χ4v) is 4.38. The second kappa shape index (κ2) is 9.89. The van der Waals surface area contributed by atoms with Gasteiger partial charge in [0.1, 0.15) is 0 Å². The number of nitrogens with one attached hydrogen (secondary N) is 1. The zero-order valence-electron chi connectivity index (χ0n) is 12.6. The molecule has 3 N–H and O–H groups in total. The fraction of sp³-hybridized carbons (Fsp3) is 0.917. The lowest BCUT2D eigenvalue weighted by Gasteiger charge is -2.25. The number of halogens is 1. The minimum atomic E-state index is -3.27. The van der Waals surface area contributed by atoms with E-state index in [1.54, 1.807) is 11.8 Å². The first-order valence-electron chi connectivity index (χ1n) is 6.97. The minimum absolute atomic E-state index is 0. The predicted octanol–water partition coefficient (Wildman–Crippen LogP) is 0.276. The van der Waals surface area contributed by atoms with Gasteiger partial charge in [-0.3, -0.25) is 4.79 Å². The molecule has 0 aromatic heterocycles. The van der Waals surface area contributed by atoms with E-state index in [4.69, 9.17) is 5.73 Å². The third-order valence-electron chi connectivity index (χ3n) is 3.58. The summed E-state index contributed by atoms with van der Waals surface area (Å²) in [5.74, 6) is 1.43. The van der Waals surface area contributed by atoms with Crippen LogP contribution in [0.15, 0.2) is 0 Å². The molecule has 0 radical (unpaired) electrons. The first-order chi connectivity index (χ1) is 9.38. The van der Waals surface area contributed by atoms with Gasteiger partial charge in [0.15, 0.2) is 0 Å². The Morgan fingerprint density at radius 1 is 1.38 bits per heavy atom. The lowest BCUT2D eigenvalue weighted by Crippen LogP contribution is -2.47. The van der Waals surface area contributed by atoms with Crippen LogP contribution in [0.1, 0.15) is 20.3 Å². The number of nitrogens with zero attached hydrogens (tertiary/aromatic N) is 1. The van der Waals surface area contributed by atoms with Crippen LogP contribution >= 0.6 is 24.2 Å². The Morgan fingerprint density at radius 3 is 2.48 bits per heavy atom. The summed E-state index contributed by atoms with van der Waals surface area (Å²) in [7, 11) is -3.27. The summed E-state index contributed by atoms with van der Waals surface area (Å²) >= 11 is 1.76. The average molecular weight is 360 g/mol. The maximum Gasteiger partial charge on any atom is 0.237 e. The van der Waals surface area contributed by atoms with Gasteiger partial charge in [-0.2, -0.15) is 11.8 Å². The SMILES string of the molecule is CCC(C)C(N)C(=O)NCCS(=O)(=O)N1CCSCC1.Cl. The summed E-state index contributed by atoms with van der Waals surface area (Å²) in [5, 5.41) is 2.62. The largest absolute Gasteiger partial charge is 0.354 e. The molecule has 0 spiro atoms. The average Bonchev–Trinajstić information content (AvgIpc) is 2.46. The van der Waals surface area contributed by atoms with E-state index >= 15 is 0 Å². The summed E-state index contributed by atoms with van der Waals surface area (Å²) in [5.41, 5.74) is 5.79. The highest BCUT2D eigenvalue weighted by Gasteiger charge is 2.25. The van der Waals surface area contributed by atoms with Crippen molar-refractivity contribution in [1.29, 1.82) is 0 Å². The zero-order valence-corrected chi connectivity index (χ0v) is 15.0. The number of nitrogens with two attached hydrogens (primary N) is 1. The molecule has 21 heavy (non-hydrogen) atoms. The van der Waals surface area contributed by atoms with E-state index in [-0.39, 0.29) is 36.5 Å². The zero-order chi connectivity index (χ0) is 15.2. The molecule has 1 rings (SSSR count). The van der Waals surface area contributed by atoms with Crippen LogP contribution in [-0.2, 0) is 14.8 Å². The molecule has 1 saturated heterocycles. The van der Waals surface area contributed by atoms with Crippen LogP contribution in [0.3, 0.4) is 0 Å². The quantitative estimate of drug-likeness (QED) is 0.681. The molecule has 0 aliphatic carbocycles. The molecular weight excluding hydrogens is 334 g/mol. The molecule has 1 heterocycles. The van der Waals surface area contributed by atoms with Crippen LogP contribution in [-0.4, -0.2) is 61.6 Å². The molecule has 0 saturated carbocycles. The van der Waals surface area contributed by atoms with Crippen LogP contribution in [0, 0.1) is 5.92 Å². The Kier molecular flexibility index (Phi) is 9.88. The smallest absolute Gasteiger partial charge is 0.237 e. The fourth-order valence-electron chi connectivity index (χ4n) is 1.89. The van der Waals surface area contributed by atoms with Crippen molar-refractivity contribution in [1.82, 2.24) is 9.62 Å². The minimum Gasteiger partial charge on any atom is -0.354 e. The number of amides is 1. The molecule has 1 aliphatic heterocycles. The highest BCUT2D eigenvalue weighted by Crippen LogP contribution is 2.13. The first-order valence-corrected chi connectivity index (χ1v) is 9.73. The number of hydrogen-bond acceptors (Lipinski definition) is 5. The van der Waals surface area contributed by atoms with E-state index in [1.807, 2.05) is 13.8 Å². The van der Waals surface area contributed by atoms with E-state index in [0.717, 1.165) is 17.9 Å². The van der Waals surface area contributed by atoms with Crippen molar-refractivity contribution in [2.45, 2.75) is 26.3 Å². The van der Waals surface area contributed by atoms with Gasteiger partial charge in [0.25, 0.3) is 0 Å². The standard InChI is InChI=1S/C12H25N3O3S2.ClH/c1-3-10(2)11(13)12(16)14-4-9-20(17,18)15-5-7-19-8-6-15;/h10-11H,3-9,13H2,1-2H3,(H,14,16);1H. The Bertz CT molecular complexity index is 414. The number of carbonyl (C=O) groups is 1. The van der Waals surface area contributed by atoms with Crippen LogP contribution in [0.2, 0.25) is 0 Å². The van der Waals surface area contributed by atoms with Crippen LogP contribution in [0.5, 0.6) is 0 Å². The van der Waals surface area contributed by atoms with Gasteiger partial charge in [0, 0.05) is 31.1 Å². The number of carbonyl (C=O) groups excluding carboxylic acids is 1. The van der Waals surface area contributed by atoms with Gasteiger partial charge in [0.05, 0.1) is 11.8 Å². The molecule has 2 atom stereocenters. The van der Waals surface area contributed by atoms with Crippen molar-refractivity contribution in [3.05, 3.63) is 0 Å². The van der Waals surface area contributed by atoms with Crippen LogP contribution in [0.25, 0.3) is 0 Å². The highest BCUT2D eigenvalue weighted by molar-refractivity contribution is 7.99. The van der Waals surface area contributed by atoms with Crippen molar-refractivity contribution in [2.24, 2.45) is 11.7 Å². The molecule has 2 unspecified atom stereocenters. The predicted molar refractivity (Wildman–Crippen MR) is 90.4 cm³/mol. The summed E-state index contributed by atoms with van der Waals surface area (Å²) < 4.78 is 25.6. The number of hydrogen-bond donors (Lipinski definition) is 2. The normalized spacial score (nSPS) is 19.4. The Morgan fingerprint density at radius 2 is 1.95 bits per heavy atom. The van der Waals surface area contributed by atoms with E-state index < -0.39 is 16.1 Å². The summed E-state index contributed by atoms with van der Waals surface area (Å²) in [4.78, 5) is 11.8. The van der Waals surface area contributed by atoms with Gasteiger partial charge >= 0.3 is 0 Å². The number of sulfonamides is 1. The Balaban J connectivity index is 0.00000400. The maximum atomic E-state index is 12.1. The molecule has 1 fully saturated rings. The number of rotatable bonds is 7. The second-order valence-corrected chi connectivity index (χ2v) is 8.34. The van der Waals surface area contributed by atoms with Gasteiger partial charge in [-0.05, 0) is 5.92 Å². The molecule has 9 heteroatoms. The van der Waals surface area contributed by atoms with E-state index in [1.165, 1.54) is 4.31 Å². The topological polar surface area (TPSA) is 92.5 Å². The third-order valence-corrected chi connectivity index (χ3v) is 6.40. The molecule has 1 aliphatic rings. The monoisotopic (exact) mass is 359 g/mol. The van der Waals surface area contributed by atoms with Gasteiger partial charge in [-0.1, -0.05) is 20.3 Å². The van der Waals surface area contributed by atoms with Crippen molar-refractivity contribution in [3.63, 3.8) is 0 Å². The van der Waals surface area contributed by atoms with Crippen LogP contribution in [0.4, 0.5) is 0 Å². The lowest BCUT2D eigenvalue weighted by atomic mass is 9.99. The molecule has 6 nitrogen and oxygen atoms in total.